The summed E-state index contributed by atoms with van der Waals surface area (Å²) in [6.45, 7) is 5.50. The average molecular weight is 259 g/mol. The first kappa shape index (κ1) is 12.9. The lowest BCUT2D eigenvalue weighted by Crippen LogP contribution is -2.46. The van der Waals surface area contributed by atoms with Gasteiger partial charge in [-0.15, -0.1) is 0 Å². The molecule has 1 aromatic rings. The van der Waals surface area contributed by atoms with E-state index in [0.717, 1.165) is 13.1 Å². The van der Waals surface area contributed by atoms with Crippen molar-refractivity contribution in [3.63, 3.8) is 0 Å². The summed E-state index contributed by atoms with van der Waals surface area (Å²) in [6, 6.07) is 5.18. The van der Waals surface area contributed by atoms with Crippen molar-refractivity contribution in [2.45, 2.75) is 51.5 Å². The van der Waals surface area contributed by atoms with Crippen molar-refractivity contribution in [3.8, 4) is 0 Å². The van der Waals surface area contributed by atoms with Gasteiger partial charge in [0.25, 0.3) is 0 Å². The van der Waals surface area contributed by atoms with E-state index in [9.17, 15) is 0 Å². The summed E-state index contributed by atoms with van der Waals surface area (Å²) in [5.41, 5.74) is 2.83. The third-order valence-electron chi connectivity index (χ3n) is 4.46. The van der Waals surface area contributed by atoms with Gasteiger partial charge in [0, 0.05) is 24.8 Å². The summed E-state index contributed by atoms with van der Waals surface area (Å²) in [6.07, 6.45) is 7.65. The molecule has 104 valence electrons. The molecule has 2 aliphatic rings. The summed E-state index contributed by atoms with van der Waals surface area (Å²) < 4.78 is 0. The smallest absolute Gasteiger partial charge is 0.129 e. The lowest BCUT2D eigenvalue weighted by atomic mass is 10.0. The highest BCUT2D eigenvalue weighted by molar-refractivity contribution is 5.44. The summed E-state index contributed by atoms with van der Waals surface area (Å²) >= 11 is 0. The number of hydrogen-bond donors (Lipinski definition) is 1. The predicted octanol–water partition coefficient (Wildman–Crippen LogP) is 2.54. The minimum atomic E-state index is 0.626. The molecular weight excluding hydrogens is 234 g/mol. The zero-order valence-electron chi connectivity index (χ0n) is 12.0. The van der Waals surface area contributed by atoms with Crippen LogP contribution in [0.25, 0.3) is 0 Å². The van der Waals surface area contributed by atoms with Crippen LogP contribution in [0.5, 0.6) is 0 Å². The molecule has 1 atom stereocenters. The Labute approximate surface area is 116 Å². The van der Waals surface area contributed by atoms with Gasteiger partial charge in [-0.05, 0) is 56.7 Å². The molecule has 1 saturated heterocycles. The Hall–Kier alpha value is -1.09. The molecule has 0 saturated carbocycles. The van der Waals surface area contributed by atoms with Crippen LogP contribution in [0.4, 0.5) is 5.82 Å². The third-order valence-corrected chi connectivity index (χ3v) is 4.46. The van der Waals surface area contributed by atoms with Gasteiger partial charge in [0.1, 0.15) is 5.82 Å². The molecule has 3 nitrogen and oxygen atoms in total. The van der Waals surface area contributed by atoms with Gasteiger partial charge in [0.05, 0.1) is 0 Å². The van der Waals surface area contributed by atoms with Crippen molar-refractivity contribution in [1.82, 2.24) is 10.3 Å². The average Bonchev–Trinajstić information content (AvgIpc) is 2.92. The molecule has 3 rings (SSSR count). The van der Waals surface area contributed by atoms with Gasteiger partial charge in [-0.2, -0.15) is 0 Å². The molecule has 2 heterocycles. The second-order valence-corrected chi connectivity index (χ2v) is 5.78. The highest BCUT2D eigenvalue weighted by atomic mass is 15.2. The number of likely N-dealkylation sites (N-methyl/N-ethyl adjacent to an activating group) is 1. The Morgan fingerprint density at radius 3 is 3.11 bits per heavy atom. The first-order valence-electron chi connectivity index (χ1n) is 7.84. The Balaban J connectivity index is 1.78. The van der Waals surface area contributed by atoms with Crippen LogP contribution in [0.3, 0.4) is 0 Å². The van der Waals surface area contributed by atoms with Crippen LogP contribution in [-0.4, -0.2) is 30.7 Å². The fourth-order valence-corrected chi connectivity index (χ4v) is 3.39. The highest BCUT2D eigenvalue weighted by Gasteiger charge is 2.24. The molecule has 0 radical (unpaired) electrons. The maximum atomic E-state index is 4.93. The van der Waals surface area contributed by atoms with Crippen molar-refractivity contribution in [1.29, 1.82) is 0 Å². The number of hydrogen-bond acceptors (Lipinski definition) is 3. The van der Waals surface area contributed by atoms with E-state index in [1.807, 2.05) is 0 Å². The zero-order chi connectivity index (χ0) is 13.1. The largest absolute Gasteiger partial charge is 0.352 e. The van der Waals surface area contributed by atoms with Crippen LogP contribution in [0, 0.1) is 0 Å². The van der Waals surface area contributed by atoms with Crippen molar-refractivity contribution in [3.05, 3.63) is 23.4 Å². The molecule has 0 amide bonds. The number of piperidine rings is 1. The second-order valence-electron chi connectivity index (χ2n) is 5.78. The molecule has 0 aromatic carbocycles. The molecule has 0 bridgehead atoms. The first-order valence-corrected chi connectivity index (χ1v) is 7.84. The molecule has 19 heavy (non-hydrogen) atoms. The topological polar surface area (TPSA) is 28.2 Å². The number of anilines is 1. The lowest BCUT2D eigenvalue weighted by molar-refractivity contribution is 0.436. The van der Waals surface area contributed by atoms with E-state index in [1.165, 1.54) is 62.1 Å². The maximum Gasteiger partial charge on any atom is 0.129 e. The summed E-state index contributed by atoms with van der Waals surface area (Å²) in [5, 5.41) is 3.50. The second kappa shape index (κ2) is 5.91. The Bertz CT molecular complexity index is 430. The molecule has 1 unspecified atom stereocenters. The fourth-order valence-electron chi connectivity index (χ4n) is 3.39. The Morgan fingerprint density at radius 2 is 2.21 bits per heavy atom. The normalized spacial score (nSPS) is 22.6. The SMILES string of the molecule is CCNCC1CCCCN1c1ccc2c(n1)CCC2. The quantitative estimate of drug-likeness (QED) is 0.900. The highest BCUT2D eigenvalue weighted by Crippen LogP contribution is 2.27. The van der Waals surface area contributed by atoms with E-state index in [4.69, 9.17) is 4.98 Å². The van der Waals surface area contributed by atoms with Crippen molar-refractivity contribution in [2.24, 2.45) is 0 Å². The molecule has 1 aromatic heterocycles. The van der Waals surface area contributed by atoms with Crippen LogP contribution >= 0.6 is 0 Å². The third kappa shape index (κ3) is 2.76. The van der Waals surface area contributed by atoms with E-state index < -0.39 is 0 Å². The van der Waals surface area contributed by atoms with E-state index in [-0.39, 0.29) is 0 Å². The monoisotopic (exact) mass is 259 g/mol. The minimum absolute atomic E-state index is 0.626. The minimum Gasteiger partial charge on any atom is -0.352 e. The number of nitrogens with one attached hydrogen (secondary N) is 1. The number of aryl methyl sites for hydroxylation is 2. The molecule has 0 spiro atoms. The van der Waals surface area contributed by atoms with Gasteiger partial charge in [-0.1, -0.05) is 13.0 Å². The molecular formula is C16H25N3. The van der Waals surface area contributed by atoms with Crippen LogP contribution in [0.2, 0.25) is 0 Å². The van der Waals surface area contributed by atoms with Gasteiger partial charge in [0.15, 0.2) is 0 Å². The Morgan fingerprint density at radius 1 is 1.26 bits per heavy atom. The standard InChI is InChI=1S/C16H25N3/c1-2-17-12-14-7-3-4-11-19(14)16-10-9-13-6-5-8-15(13)18-16/h9-10,14,17H,2-8,11-12H2,1H3. The summed E-state index contributed by atoms with van der Waals surface area (Å²) in [7, 11) is 0. The van der Waals surface area contributed by atoms with Gasteiger partial charge in [-0.25, -0.2) is 4.98 Å². The van der Waals surface area contributed by atoms with E-state index in [0.29, 0.717) is 6.04 Å². The van der Waals surface area contributed by atoms with Crippen LogP contribution in [0.1, 0.15) is 43.9 Å². The maximum absolute atomic E-state index is 4.93. The Kier molecular flexibility index (Phi) is 4.02. The number of rotatable bonds is 4. The molecule has 1 aliphatic heterocycles. The van der Waals surface area contributed by atoms with Crippen LogP contribution in [-0.2, 0) is 12.8 Å². The summed E-state index contributed by atoms with van der Waals surface area (Å²) in [4.78, 5) is 7.47. The van der Waals surface area contributed by atoms with Gasteiger partial charge >= 0.3 is 0 Å². The molecule has 1 N–H and O–H groups in total. The fraction of sp³-hybridized carbons (Fsp3) is 0.688. The van der Waals surface area contributed by atoms with E-state index in [2.05, 4.69) is 29.3 Å². The molecule has 3 heteroatoms. The van der Waals surface area contributed by atoms with Gasteiger partial charge in [-0.3, -0.25) is 0 Å². The number of fused-ring (bicyclic) bond motifs is 1. The molecule has 1 aliphatic carbocycles. The number of nitrogens with zero attached hydrogens (tertiary/aromatic N) is 2. The van der Waals surface area contributed by atoms with Crippen molar-refractivity contribution < 1.29 is 0 Å². The zero-order valence-corrected chi connectivity index (χ0v) is 12.0. The van der Waals surface area contributed by atoms with Crippen LogP contribution in [0.15, 0.2) is 12.1 Å². The number of aromatic nitrogens is 1. The first-order chi connectivity index (χ1) is 9.38. The van der Waals surface area contributed by atoms with Crippen molar-refractivity contribution >= 4 is 5.82 Å². The molecule has 1 fully saturated rings. The van der Waals surface area contributed by atoms with E-state index >= 15 is 0 Å². The predicted molar refractivity (Wildman–Crippen MR) is 79.8 cm³/mol. The lowest BCUT2D eigenvalue weighted by Gasteiger charge is -2.37. The number of pyridine rings is 1. The van der Waals surface area contributed by atoms with E-state index in [1.54, 1.807) is 0 Å². The summed E-state index contributed by atoms with van der Waals surface area (Å²) in [5.74, 6) is 1.21. The van der Waals surface area contributed by atoms with Gasteiger partial charge < -0.3 is 10.2 Å². The van der Waals surface area contributed by atoms with Crippen molar-refractivity contribution in [2.75, 3.05) is 24.5 Å². The van der Waals surface area contributed by atoms with Crippen LogP contribution < -0.4 is 10.2 Å². The van der Waals surface area contributed by atoms with Gasteiger partial charge in [0.2, 0.25) is 0 Å².